The molecule has 0 saturated carbocycles. The van der Waals surface area contributed by atoms with Gasteiger partial charge in [0, 0.05) is 24.7 Å². The third-order valence-corrected chi connectivity index (χ3v) is 3.94. The zero-order chi connectivity index (χ0) is 15.4. The van der Waals surface area contributed by atoms with Crippen LogP contribution in [-0.2, 0) is 0 Å². The molecule has 1 aromatic rings. The molecule has 0 fully saturated rings. The Morgan fingerprint density at radius 2 is 2.05 bits per heavy atom. The molecule has 20 heavy (non-hydrogen) atoms. The van der Waals surface area contributed by atoms with Gasteiger partial charge in [0.25, 0.3) is 0 Å². The number of halogens is 2. The smallest absolute Gasteiger partial charge is 0.161 e. The standard InChI is InChI=1S/C14H22BrFN4/c1-5-20(9(2)8-19(3)4)11-7-6-10(14(17)18)12(15)13(11)16/h6-7,9H,5,8H2,1-4H3,(H3,17,18). The average Bonchev–Trinajstić information content (AvgIpc) is 2.34. The molecule has 0 bridgehead atoms. The van der Waals surface area contributed by atoms with Crippen LogP contribution in [0.2, 0.25) is 0 Å². The Morgan fingerprint density at radius 1 is 1.45 bits per heavy atom. The number of anilines is 1. The van der Waals surface area contributed by atoms with E-state index in [0.29, 0.717) is 17.8 Å². The van der Waals surface area contributed by atoms with Gasteiger partial charge in [-0.25, -0.2) is 4.39 Å². The van der Waals surface area contributed by atoms with Crippen LogP contribution in [0.1, 0.15) is 19.4 Å². The van der Waals surface area contributed by atoms with Gasteiger partial charge in [0.1, 0.15) is 5.84 Å². The van der Waals surface area contributed by atoms with Crippen LogP contribution in [0.15, 0.2) is 16.6 Å². The van der Waals surface area contributed by atoms with Crippen molar-refractivity contribution in [3.8, 4) is 0 Å². The van der Waals surface area contributed by atoms with E-state index < -0.39 is 0 Å². The van der Waals surface area contributed by atoms with Crippen molar-refractivity contribution in [3.63, 3.8) is 0 Å². The van der Waals surface area contributed by atoms with Crippen molar-refractivity contribution >= 4 is 27.5 Å². The molecule has 1 unspecified atom stereocenters. The van der Waals surface area contributed by atoms with E-state index in [1.807, 2.05) is 25.9 Å². The Balaban J connectivity index is 3.17. The molecule has 1 atom stereocenters. The number of rotatable bonds is 6. The first kappa shape index (κ1) is 16.9. The normalized spacial score (nSPS) is 12.6. The van der Waals surface area contributed by atoms with Crippen LogP contribution in [0, 0.1) is 11.2 Å². The molecule has 0 amide bonds. The number of nitrogens with zero attached hydrogens (tertiary/aromatic N) is 2. The Labute approximate surface area is 128 Å². The van der Waals surface area contributed by atoms with Crippen molar-refractivity contribution in [1.29, 1.82) is 5.41 Å². The molecule has 0 radical (unpaired) electrons. The molecule has 1 aromatic carbocycles. The van der Waals surface area contributed by atoms with Gasteiger partial charge >= 0.3 is 0 Å². The molecule has 0 saturated heterocycles. The van der Waals surface area contributed by atoms with Gasteiger partial charge in [-0.2, -0.15) is 0 Å². The molecule has 0 heterocycles. The number of nitrogen functional groups attached to an aromatic ring is 1. The van der Waals surface area contributed by atoms with E-state index in [2.05, 4.69) is 27.8 Å². The van der Waals surface area contributed by atoms with Gasteiger partial charge in [-0.3, -0.25) is 5.41 Å². The number of nitrogens with two attached hydrogens (primary N) is 1. The summed E-state index contributed by atoms with van der Waals surface area (Å²) in [6.07, 6.45) is 0. The SMILES string of the molecule is CCN(c1ccc(C(=N)N)c(Br)c1F)C(C)CN(C)C. The van der Waals surface area contributed by atoms with E-state index in [-0.39, 0.29) is 22.2 Å². The van der Waals surface area contributed by atoms with Crippen molar-refractivity contribution in [2.75, 3.05) is 32.1 Å². The van der Waals surface area contributed by atoms with E-state index in [1.54, 1.807) is 12.1 Å². The maximum atomic E-state index is 14.5. The predicted octanol–water partition coefficient (Wildman–Crippen LogP) is 2.65. The second-order valence-electron chi connectivity index (χ2n) is 5.07. The zero-order valence-electron chi connectivity index (χ0n) is 12.4. The molecule has 112 valence electrons. The maximum absolute atomic E-state index is 14.5. The molecule has 4 nitrogen and oxygen atoms in total. The monoisotopic (exact) mass is 344 g/mol. The molecule has 0 aliphatic carbocycles. The first-order valence-electron chi connectivity index (χ1n) is 6.53. The number of hydrogen-bond acceptors (Lipinski definition) is 3. The highest BCUT2D eigenvalue weighted by Gasteiger charge is 2.20. The summed E-state index contributed by atoms with van der Waals surface area (Å²) in [7, 11) is 3.99. The third-order valence-electron chi connectivity index (χ3n) is 3.16. The summed E-state index contributed by atoms with van der Waals surface area (Å²) >= 11 is 3.20. The van der Waals surface area contributed by atoms with Gasteiger partial charge in [0.15, 0.2) is 5.82 Å². The minimum Gasteiger partial charge on any atom is -0.384 e. The van der Waals surface area contributed by atoms with E-state index in [4.69, 9.17) is 11.1 Å². The summed E-state index contributed by atoms with van der Waals surface area (Å²) in [4.78, 5) is 4.08. The topological polar surface area (TPSA) is 56.4 Å². The second kappa shape index (κ2) is 7.04. The van der Waals surface area contributed by atoms with Crippen LogP contribution >= 0.6 is 15.9 Å². The van der Waals surface area contributed by atoms with Gasteiger partial charge in [0.2, 0.25) is 0 Å². The predicted molar refractivity (Wildman–Crippen MR) is 86.2 cm³/mol. The van der Waals surface area contributed by atoms with E-state index in [9.17, 15) is 4.39 Å². The Kier molecular flexibility index (Phi) is 5.95. The molecular weight excluding hydrogens is 323 g/mol. The highest BCUT2D eigenvalue weighted by molar-refractivity contribution is 9.10. The minimum atomic E-state index is -0.370. The van der Waals surface area contributed by atoms with Gasteiger partial charge < -0.3 is 15.5 Å². The van der Waals surface area contributed by atoms with E-state index in [0.717, 1.165) is 6.54 Å². The highest BCUT2D eigenvalue weighted by Crippen LogP contribution is 2.30. The molecule has 0 aliphatic heterocycles. The van der Waals surface area contributed by atoms with Crippen LogP contribution in [0.4, 0.5) is 10.1 Å². The lowest BCUT2D eigenvalue weighted by molar-refractivity contribution is 0.371. The van der Waals surface area contributed by atoms with Crippen molar-refractivity contribution < 1.29 is 4.39 Å². The van der Waals surface area contributed by atoms with Crippen molar-refractivity contribution in [1.82, 2.24) is 4.90 Å². The van der Waals surface area contributed by atoms with Crippen molar-refractivity contribution in [2.24, 2.45) is 5.73 Å². The zero-order valence-corrected chi connectivity index (χ0v) is 14.0. The number of likely N-dealkylation sites (N-methyl/N-ethyl adjacent to an activating group) is 2. The van der Waals surface area contributed by atoms with Crippen molar-refractivity contribution in [3.05, 3.63) is 28.0 Å². The van der Waals surface area contributed by atoms with Gasteiger partial charge in [-0.1, -0.05) is 0 Å². The molecule has 3 N–H and O–H groups in total. The largest absolute Gasteiger partial charge is 0.384 e. The van der Waals surface area contributed by atoms with Gasteiger partial charge in [-0.05, 0) is 56.0 Å². The highest BCUT2D eigenvalue weighted by atomic mass is 79.9. The Hall–Kier alpha value is -1.14. The molecule has 1 rings (SSSR count). The lowest BCUT2D eigenvalue weighted by Gasteiger charge is -2.32. The first-order chi connectivity index (χ1) is 9.29. The fourth-order valence-electron chi connectivity index (χ4n) is 2.32. The number of hydrogen-bond donors (Lipinski definition) is 2. The molecule has 0 aliphatic rings. The quantitative estimate of drug-likeness (QED) is 0.616. The second-order valence-corrected chi connectivity index (χ2v) is 5.86. The Morgan fingerprint density at radius 3 is 2.50 bits per heavy atom. The molecule has 6 heteroatoms. The van der Waals surface area contributed by atoms with E-state index in [1.165, 1.54) is 0 Å². The van der Waals surface area contributed by atoms with Crippen LogP contribution in [-0.4, -0.2) is 44.0 Å². The fourth-order valence-corrected chi connectivity index (χ4v) is 2.86. The molecule has 0 spiro atoms. The number of benzene rings is 1. The van der Waals surface area contributed by atoms with Gasteiger partial charge in [0.05, 0.1) is 10.2 Å². The molecular formula is C14H22BrFN4. The van der Waals surface area contributed by atoms with Crippen LogP contribution in [0.5, 0.6) is 0 Å². The van der Waals surface area contributed by atoms with Crippen LogP contribution < -0.4 is 10.6 Å². The fraction of sp³-hybridized carbons (Fsp3) is 0.500. The summed E-state index contributed by atoms with van der Waals surface area (Å²) in [5.74, 6) is -0.517. The van der Waals surface area contributed by atoms with Crippen LogP contribution in [0.3, 0.4) is 0 Å². The number of nitrogens with one attached hydrogen (secondary N) is 1. The Bertz CT molecular complexity index is 490. The van der Waals surface area contributed by atoms with Gasteiger partial charge in [-0.15, -0.1) is 0 Å². The lowest BCUT2D eigenvalue weighted by Crippen LogP contribution is -2.40. The minimum absolute atomic E-state index is 0.147. The third kappa shape index (κ3) is 3.70. The average molecular weight is 345 g/mol. The summed E-state index contributed by atoms with van der Waals surface area (Å²) < 4.78 is 14.8. The molecule has 0 aromatic heterocycles. The summed E-state index contributed by atoms with van der Waals surface area (Å²) in [5.41, 5.74) is 6.34. The van der Waals surface area contributed by atoms with Crippen LogP contribution in [0.25, 0.3) is 0 Å². The first-order valence-corrected chi connectivity index (χ1v) is 7.32. The summed E-state index contributed by atoms with van der Waals surface area (Å²) in [5, 5.41) is 7.43. The summed E-state index contributed by atoms with van der Waals surface area (Å²) in [6, 6.07) is 3.54. The number of amidine groups is 1. The maximum Gasteiger partial charge on any atom is 0.161 e. The van der Waals surface area contributed by atoms with Crippen molar-refractivity contribution in [2.45, 2.75) is 19.9 Å². The van der Waals surface area contributed by atoms with E-state index >= 15 is 0 Å². The lowest BCUT2D eigenvalue weighted by atomic mass is 10.1. The summed E-state index contributed by atoms with van der Waals surface area (Å²) in [6.45, 7) is 5.60.